The zero-order valence-electron chi connectivity index (χ0n) is 11.3. The summed E-state index contributed by atoms with van der Waals surface area (Å²) >= 11 is 3.71. The van der Waals surface area contributed by atoms with Crippen molar-refractivity contribution in [1.29, 1.82) is 0 Å². The van der Waals surface area contributed by atoms with E-state index in [0.717, 1.165) is 18.3 Å². The highest BCUT2D eigenvalue weighted by atomic mass is 79.9. The van der Waals surface area contributed by atoms with E-state index in [-0.39, 0.29) is 0 Å². The topological polar surface area (TPSA) is 29.3 Å². The maximum Gasteiger partial charge on any atom is 0.0511 e. The Morgan fingerprint density at radius 1 is 1.28 bits per heavy atom. The minimum absolute atomic E-state index is 0.712. The zero-order chi connectivity index (χ0) is 13.1. The Hall–Kier alpha value is -0.540. The van der Waals surface area contributed by atoms with Crippen LogP contribution in [0.2, 0.25) is 0 Å². The molecule has 2 atom stereocenters. The van der Waals surface area contributed by atoms with Crippen molar-refractivity contribution in [2.45, 2.75) is 26.7 Å². The van der Waals surface area contributed by atoms with Gasteiger partial charge in [-0.1, -0.05) is 19.9 Å². The van der Waals surface area contributed by atoms with Crippen LogP contribution in [-0.4, -0.2) is 19.6 Å². The Morgan fingerprint density at radius 2 is 1.94 bits per heavy atom. The van der Waals surface area contributed by atoms with Crippen LogP contribution in [0.25, 0.3) is 0 Å². The van der Waals surface area contributed by atoms with E-state index in [0.29, 0.717) is 6.54 Å². The van der Waals surface area contributed by atoms with Crippen molar-refractivity contribution < 1.29 is 0 Å². The van der Waals surface area contributed by atoms with Gasteiger partial charge in [0.15, 0.2) is 0 Å². The highest BCUT2D eigenvalue weighted by Crippen LogP contribution is 2.32. The van der Waals surface area contributed by atoms with Gasteiger partial charge in [0, 0.05) is 17.6 Å². The van der Waals surface area contributed by atoms with Gasteiger partial charge >= 0.3 is 0 Å². The second-order valence-corrected chi connectivity index (χ2v) is 6.53. The predicted octanol–water partition coefficient (Wildman–Crippen LogP) is 3.43. The number of anilines is 1. The van der Waals surface area contributed by atoms with Crippen molar-refractivity contribution >= 4 is 21.6 Å². The lowest BCUT2D eigenvalue weighted by Gasteiger charge is -2.37. The number of benzene rings is 1. The molecule has 1 aliphatic rings. The number of hydrogen-bond donors (Lipinski definition) is 1. The second-order valence-electron chi connectivity index (χ2n) is 5.68. The van der Waals surface area contributed by atoms with Gasteiger partial charge < -0.3 is 10.6 Å². The molecule has 100 valence electrons. The summed E-state index contributed by atoms with van der Waals surface area (Å²) in [6.45, 7) is 7.74. The van der Waals surface area contributed by atoms with Gasteiger partial charge in [-0.05, 0) is 64.8 Å². The van der Waals surface area contributed by atoms with Gasteiger partial charge in [0.1, 0.15) is 0 Å². The Balaban J connectivity index is 2.17. The molecule has 1 aromatic rings. The number of rotatable bonds is 3. The van der Waals surface area contributed by atoms with Gasteiger partial charge in [0.2, 0.25) is 0 Å². The van der Waals surface area contributed by atoms with Crippen LogP contribution in [0.3, 0.4) is 0 Å². The fourth-order valence-corrected chi connectivity index (χ4v) is 3.67. The number of nitrogens with zero attached hydrogens (tertiary/aromatic N) is 1. The minimum atomic E-state index is 0.712. The van der Waals surface area contributed by atoms with E-state index >= 15 is 0 Å². The largest absolute Gasteiger partial charge is 0.370 e. The Labute approximate surface area is 119 Å². The summed E-state index contributed by atoms with van der Waals surface area (Å²) in [6.07, 6.45) is 2.30. The van der Waals surface area contributed by atoms with Crippen LogP contribution in [0.1, 0.15) is 25.8 Å². The number of nitrogens with two attached hydrogens (primary N) is 1. The van der Waals surface area contributed by atoms with E-state index < -0.39 is 0 Å². The SMILES string of the molecule is CC1CC(C)CN(c2ccc(CCN)cc2Br)C1. The molecule has 0 bridgehead atoms. The van der Waals surface area contributed by atoms with Crippen molar-refractivity contribution in [3.8, 4) is 0 Å². The average molecular weight is 311 g/mol. The first-order valence-corrected chi connectivity index (χ1v) is 7.63. The maximum atomic E-state index is 5.60. The maximum absolute atomic E-state index is 5.60. The standard InChI is InChI=1S/C15H23BrN2/c1-11-7-12(2)10-18(9-11)15-4-3-13(5-6-17)8-14(15)16/h3-4,8,11-12H,5-7,9-10,17H2,1-2H3. The van der Waals surface area contributed by atoms with Gasteiger partial charge in [0.05, 0.1) is 5.69 Å². The minimum Gasteiger partial charge on any atom is -0.370 e. The Kier molecular flexibility index (Phi) is 4.68. The number of halogens is 1. The monoisotopic (exact) mass is 310 g/mol. The third kappa shape index (κ3) is 3.27. The molecule has 1 heterocycles. The number of piperidine rings is 1. The Bertz CT molecular complexity index is 395. The van der Waals surface area contributed by atoms with E-state index in [4.69, 9.17) is 5.73 Å². The molecule has 0 radical (unpaired) electrons. The van der Waals surface area contributed by atoms with E-state index in [1.54, 1.807) is 0 Å². The second kappa shape index (κ2) is 6.07. The van der Waals surface area contributed by atoms with Crippen LogP contribution < -0.4 is 10.6 Å². The van der Waals surface area contributed by atoms with Crippen LogP contribution in [-0.2, 0) is 6.42 Å². The molecule has 1 saturated heterocycles. The van der Waals surface area contributed by atoms with Crippen molar-refractivity contribution in [2.75, 3.05) is 24.5 Å². The molecule has 1 aliphatic heterocycles. The fraction of sp³-hybridized carbons (Fsp3) is 0.600. The molecule has 0 spiro atoms. The zero-order valence-corrected chi connectivity index (χ0v) is 12.9. The molecule has 0 amide bonds. The van der Waals surface area contributed by atoms with Gasteiger partial charge in [-0.15, -0.1) is 0 Å². The van der Waals surface area contributed by atoms with Crippen LogP contribution in [0.5, 0.6) is 0 Å². The van der Waals surface area contributed by atoms with Gasteiger partial charge in [0.25, 0.3) is 0 Å². The first-order valence-electron chi connectivity index (χ1n) is 6.83. The van der Waals surface area contributed by atoms with Gasteiger partial charge in [-0.3, -0.25) is 0 Å². The molecule has 1 fully saturated rings. The van der Waals surface area contributed by atoms with Crippen LogP contribution in [0, 0.1) is 11.8 Å². The predicted molar refractivity (Wildman–Crippen MR) is 82.1 cm³/mol. The third-order valence-corrected chi connectivity index (χ3v) is 4.29. The highest BCUT2D eigenvalue weighted by molar-refractivity contribution is 9.10. The summed E-state index contributed by atoms with van der Waals surface area (Å²) in [5, 5.41) is 0. The van der Waals surface area contributed by atoms with Crippen molar-refractivity contribution in [1.82, 2.24) is 0 Å². The third-order valence-electron chi connectivity index (χ3n) is 3.65. The molecule has 0 aromatic heterocycles. The molecule has 2 unspecified atom stereocenters. The molecule has 0 saturated carbocycles. The molecule has 0 aliphatic carbocycles. The van der Waals surface area contributed by atoms with Crippen LogP contribution in [0.4, 0.5) is 5.69 Å². The molecule has 2 N–H and O–H groups in total. The van der Waals surface area contributed by atoms with Crippen molar-refractivity contribution in [2.24, 2.45) is 17.6 Å². The summed E-state index contributed by atoms with van der Waals surface area (Å²) in [4.78, 5) is 2.51. The van der Waals surface area contributed by atoms with E-state index in [1.165, 1.54) is 35.2 Å². The molecule has 18 heavy (non-hydrogen) atoms. The summed E-state index contributed by atoms with van der Waals surface area (Å²) in [6, 6.07) is 6.66. The average Bonchev–Trinajstić information content (AvgIpc) is 2.28. The summed E-state index contributed by atoms with van der Waals surface area (Å²) < 4.78 is 1.20. The van der Waals surface area contributed by atoms with E-state index in [2.05, 4.69) is 52.9 Å². The fourth-order valence-electron chi connectivity index (χ4n) is 2.99. The lowest BCUT2D eigenvalue weighted by Crippen LogP contribution is -2.38. The van der Waals surface area contributed by atoms with E-state index in [1.807, 2.05) is 0 Å². The molecular formula is C15H23BrN2. The summed E-state index contributed by atoms with van der Waals surface area (Å²) in [5.41, 5.74) is 8.24. The Morgan fingerprint density at radius 3 is 2.50 bits per heavy atom. The molecule has 3 heteroatoms. The molecule has 2 rings (SSSR count). The number of hydrogen-bond acceptors (Lipinski definition) is 2. The van der Waals surface area contributed by atoms with Crippen molar-refractivity contribution in [3.05, 3.63) is 28.2 Å². The van der Waals surface area contributed by atoms with Gasteiger partial charge in [-0.25, -0.2) is 0 Å². The summed E-state index contributed by atoms with van der Waals surface area (Å²) in [5.74, 6) is 1.56. The normalized spacial score (nSPS) is 24.3. The first-order chi connectivity index (χ1) is 8.60. The van der Waals surface area contributed by atoms with Crippen molar-refractivity contribution in [3.63, 3.8) is 0 Å². The quantitative estimate of drug-likeness (QED) is 0.926. The smallest absolute Gasteiger partial charge is 0.0511 e. The lowest BCUT2D eigenvalue weighted by molar-refractivity contribution is 0.356. The van der Waals surface area contributed by atoms with Crippen LogP contribution >= 0.6 is 15.9 Å². The lowest BCUT2D eigenvalue weighted by atomic mass is 9.91. The highest BCUT2D eigenvalue weighted by Gasteiger charge is 2.23. The molecular weight excluding hydrogens is 288 g/mol. The molecule has 2 nitrogen and oxygen atoms in total. The first kappa shape index (κ1) is 13.9. The van der Waals surface area contributed by atoms with Gasteiger partial charge in [-0.2, -0.15) is 0 Å². The van der Waals surface area contributed by atoms with Crippen LogP contribution in [0.15, 0.2) is 22.7 Å². The molecule has 1 aromatic carbocycles. The summed E-state index contributed by atoms with van der Waals surface area (Å²) in [7, 11) is 0. The van der Waals surface area contributed by atoms with E-state index in [9.17, 15) is 0 Å².